The summed E-state index contributed by atoms with van der Waals surface area (Å²) in [5.74, 6) is 2.09. The van der Waals surface area contributed by atoms with E-state index in [1.165, 1.54) is 5.57 Å². The molecule has 7 unspecified atom stereocenters. The lowest BCUT2D eigenvalue weighted by atomic mass is 9.56. The second kappa shape index (κ2) is 7.80. The molecule has 1 aliphatic heterocycles. The normalized spacial score (nSPS) is 39.7. The smallest absolute Gasteiger partial charge is 0.226 e. The Morgan fingerprint density at radius 1 is 1.28 bits per heavy atom. The Hall–Kier alpha value is -1.99. The van der Waals surface area contributed by atoms with Crippen LogP contribution >= 0.6 is 11.8 Å². The van der Waals surface area contributed by atoms with Crippen LogP contribution in [0, 0.1) is 35.5 Å². The zero-order chi connectivity index (χ0) is 21.9. The standard InChI is InChI=1S/C25H27FN2O3S/c26-14-32-24(30)25-16(13-28(31-25)17-2-1-9-27-12-17)11-22-21-5-3-15-10-18(29)4-6-19(15)20(21)7-8-23(22)25/h1-2,4,6,9-10,12,16,19-23H,3,5,7-8,11,13-14H2. The molecule has 6 rings (SSSR count). The number of hydrogen-bond acceptors (Lipinski definition) is 6. The Morgan fingerprint density at radius 3 is 3.00 bits per heavy atom. The van der Waals surface area contributed by atoms with Gasteiger partial charge in [-0.15, -0.1) is 0 Å². The van der Waals surface area contributed by atoms with Crippen molar-refractivity contribution in [1.82, 2.24) is 4.98 Å². The predicted molar refractivity (Wildman–Crippen MR) is 120 cm³/mol. The summed E-state index contributed by atoms with van der Waals surface area (Å²) in [5, 5.41) is 1.66. The van der Waals surface area contributed by atoms with Gasteiger partial charge in [0.25, 0.3) is 0 Å². The molecule has 3 saturated carbocycles. The van der Waals surface area contributed by atoms with E-state index < -0.39 is 11.6 Å². The molecule has 4 aliphatic carbocycles. The van der Waals surface area contributed by atoms with Gasteiger partial charge in [-0.2, -0.15) is 0 Å². The molecular formula is C25H27FN2O3S. The third kappa shape index (κ3) is 2.97. The Morgan fingerprint density at radius 2 is 2.19 bits per heavy atom. The van der Waals surface area contributed by atoms with Crippen molar-refractivity contribution in [2.24, 2.45) is 35.5 Å². The number of hydrogen-bond donors (Lipinski definition) is 0. The van der Waals surface area contributed by atoms with Crippen LogP contribution in [0.15, 0.2) is 48.3 Å². The zero-order valence-corrected chi connectivity index (χ0v) is 18.7. The molecule has 7 atom stereocenters. The van der Waals surface area contributed by atoms with Crippen LogP contribution in [0.25, 0.3) is 0 Å². The molecule has 7 heteroatoms. The maximum atomic E-state index is 13.4. The van der Waals surface area contributed by atoms with Gasteiger partial charge in [0.05, 0.1) is 18.4 Å². The van der Waals surface area contributed by atoms with Gasteiger partial charge in [-0.25, -0.2) is 4.39 Å². The summed E-state index contributed by atoms with van der Waals surface area (Å²) < 4.78 is 13.3. The van der Waals surface area contributed by atoms with Crippen molar-refractivity contribution in [3.63, 3.8) is 0 Å². The molecule has 0 radical (unpaired) electrons. The number of nitrogens with zero attached hydrogens (tertiary/aromatic N) is 2. The van der Waals surface area contributed by atoms with Crippen LogP contribution in [-0.2, 0) is 14.4 Å². The molecule has 4 fully saturated rings. The molecule has 1 aromatic heterocycles. The fraction of sp³-hybridized carbons (Fsp3) is 0.560. The third-order valence-corrected chi connectivity index (χ3v) is 9.37. The van der Waals surface area contributed by atoms with Gasteiger partial charge in [0.1, 0.15) is 6.01 Å². The highest BCUT2D eigenvalue weighted by Crippen LogP contribution is 2.63. The maximum absolute atomic E-state index is 13.4. The molecule has 0 amide bonds. The van der Waals surface area contributed by atoms with Crippen molar-refractivity contribution >= 4 is 28.3 Å². The summed E-state index contributed by atoms with van der Waals surface area (Å²) in [5.41, 5.74) is 1.18. The maximum Gasteiger partial charge on any atom is 0.226 e. The van der Waals surface area contributed by atoms with E-state index in [-0.39, 0.29) is 22.7 Å². The molecule has 0 bridgehead atoms. The van der Waals surface area contributed by atoms with Crippen LogP contribution in [0.3, 0.4) is 0 Å². The summed E-state index contributed by atoms with van der Waals surface area (Å²) in [6.07, 6.45) is 14.0. The first-order chi connectivity index (χ1) is 15.6. The third-order valence-electron chi connectivity index (χ3n) is 8.68. The van der Waals surface area contributed by atoms with E-state index in [0.29, 0.717) is 30.2 Å². The number of hydroxylamine groups is 1. The zero-order valence-electron chi connectivity index (χ0n) is 17.9. The topological polar surface area (TPSA) is 59.5 Å². The van der Waals surface area contributed by atoms with Crippen LogP contribution in [-0.4, -0.2) is 34.0 Å². The van der Waals surface area contributed by atoms with Gasteiger partial charge in [0.15, 0.2) is 11.4 Å². The van der Waals surface area contributed by atoms with Gasteiger partial charge in [0.2, 0.25) is 5.12 Å². The molecule has 2 heterocycles. The average molecular weight is 455 g/mol. The van der Waals surface area contributed by atoms with E-state index >= 15 is 0 Å². The van der Waals surface area contributed by atoms with E-state index in [1.54, 1.807) is 18.5 Å². The number of pyridine rings is 1. The van der Waals surface area contributed by atoms with Crippen molar-refractivity contribution in [3.05, 3.63) is 48.3 Å². The molecule has 32 heavy (non-hydrogen) atoms. The largest absolute Gasteiger partial charge is 0.290 e. The first-order valence-corrected chi connectivity index (χ1v) is 12.6. The van der Waals surface area contributed by atoms with Gasteiger partial charge < -0.3 is 0 Å². The van der Waals surface area contributed by atoms with Crippen molar-refractivity contribution in [3.8, 4) is 0 Å². The summed E-state index contributed by atoms with van der Waals surface area (Å²) in [6.45, 7) is 0.637. The summed E-state index contributed by atoms with van der Waals surface area (Å²) >= 11 is 0.766. The second-order valence-electron chi connectivity index (χ2n) is 9.85. The van der Waals surface area contributed by atoms with Gasteiger partial charge in [-0.05, 0) is 74.1 Å². The molecule has 1 aromatic rings. The lowest BCUT2D eigenvalue weighted by Crippen LogP contribution is -2.51. The molecule has 168 valence electrons. The fourth-order valence-electron chi connectivity index (χ4n) is 7.56. The number of alkyl halides is 1. The fourth-order valence-corrected chi connectivity index (χ4v) is 8.24. The number of ketones is 1. The molecule has 0 aromatic carbocycles. The lowest BCUT2D eigenvalue weighted by molar-refractivity contribution is -0.143. The highest BCUT2D eigenvalue weighted by Gasteiger charge is 2.68. The number of fused-ring (bicyclic) bond motifs is 7. The van der Waals surface area contributed by atoms with Crippen LogP contribution in [0.2, 0.25) is 0 Å². The van der Waals surface area contributed by atoms with Gasteiger partial charge in [-0.1, -0.05) is 23.4 Å². The molecule has 5 nitrogen and oxygen atoms in total. The van der Waals surface area contributed by atoms with Crippen LogP contribution in [0.4, 0.5) is 10.1 Å². The Balaban J connectivity index is 1.31. The lowest BCUT2D eigenvalue weighted by Gasteiger charge is -2.49. The highest BCUT2D eigenvalue weighted by atomic mass is 32.2. The number of allylic oxidation sites excluding steroid dienone is 4. The van der Waals surface area contributed by atoms with Crippen molar-refractivity contribution in [2.75, 3.05) is 17.6 Å². The minimum atomic E-state index is -0.948. The average Bonchev–Trinajstić information content (AvgIpc) is 3.34. The first-order valence-electron chi connectivity index (χ1n) is 11.6. The second-order valence-corrected chi connectivity index (χ2v) is 10.7. The molecule has 1 saturated heterocycles. The first kappa shape index (κ1) is 20.6. The Labute approximate surface area is 191 Å². The van der Waals surface area contributed by atoms with Crippen molar-refractivity contribution in [1.29, 1.82) is 0 Å². The number of anilines is 1. The number of carbonyl (C=O) groups is 2. The Bertz CT molecular complexity index is 998. The minimum absolute atomic E-state index is 0.0587. The molecule has 0 spiro atoms. The van der Waals surface area contributed by atoms with Gasteiger partial charge >= 0.3 is 0 Å². The van der Waals surface area contributed by atoms with Crippen LogP contribution in [0.1, 0.15) is 32.1 Å². The molecule has 5 aliphatic rings. The number of aromatic nitrogens is 1. The molecular weight excluding hydrogens is 427 g/mol. The SMILES string of the molecule is O=C1C=CC2C(=C1)CCC1C2CCC2C1CC1CN(c3cccnc3)OC12C(=O)SCF. The van der Waals surface area contributed by atoms with Crippen LogP contribution < -0.4 is 5.06 Å². The van der Waals surface area contributed by atoms with Crippen LogP contribution in [0.5, 0.6) is 0 Å². The predicted octanol–water partition coefficient (Wildman–Crippen LogP) is 4.51. The van der Waals surface area contributed by atoms with Crippen molar-refractivity contribution in [2.45, 2.75) is 37.7 Å². The number of carbonyl (C=O) groups excluding carboxylic acids is 2. The Kier molecular flexibility index (Phi) is 5.02. The summed E-state index contributed by atoms with van der Waals surface area (Å²) in [4.78, 5) is 36.0. The van der Waals surface area contributed by atoms with E-state index in [1.807, 2.05) is 23.3 Å². The molecule has 0 N–H and O–H groups in total. The number of thioether (sulfide) groups is 1. The summed E-state index contributed by atoms with van der Waals surface area (Å²) in [6, 6.07) is 3.08. The van der Waals surface area contributed by atoms with Crippen molar-refractivity contribution < 1.29 is 18.8 Å². The summed E-state index contributed by atoms with van der Waals surface area (Å²) in [7, 11) is 0. The monoisotopic (exact) mass is 454 g/mol. The quantitative estimate of drug-likeness (QED) is 0.670. The number of rotatable bonds is 3. The van der Waals surface area contributed by atoms with E-state index in [0.717, 1.165) is 49.6 Å². The van der Waals surface area contributed by atoms with E-state index in [4.69, 9.17) is 4.84 Å². The highest BCUT2D eigenvalue weighted by molar-refractivity contribution is 8.13. The van der Waals surface area contributed by atoms with E-state index in [9.17, 15) is 14.0 Å². The van der Waals surface area contributed by atoms with E-state index in [2.05, 4.69) is 11.1 Å². The number of halogens is 1. The van der Waals surface area contributed by atoms with Gasteiger partial charge in [-0.3, -0.25) is 24.5 Å². The minimum Gasteiger partial charge on any atom is -0.290 e. The van der Waals surface area contributed by atoms with Gasteiger partial charge in [0, 0.05) is 24.0 Å².